The molecule has 2 aromatic carbocycles. The van der Waals surface area contributed by atoms with E-state index in [9.17, 15) is 9.59 Å². The number of fused-ring (bicyclic) bond motifs is 1. The normalized spacial score (nSPS) is 13.5. The lowest BCUT2D eigenvalue weighted by molar-refractivity contribution is -0.119. The minimum absolute atomic E-state index is 0.0436. The number of anilines is 1. The molecule has 0 unspecified atom stereocenters. The van der Waals surface area contributed by atoms with Crippen molar-refractivity contribution in [3.8, 4) is 0 Å². The zero-order valence-electron chi connectivity index (χ0n) is 18.8. The van der Waals surface area contributed by atoms with E-state index >= 15 is 0 Å². The summed E-state index contributed by atoms with van der Waals surface area (Å²) in [4.78, 5) is 34.1. The summed E-state index contributed by atoms with van der Waals surface area (Å²) in [6.07, 6.45) is 0.881. The number of carbonyl (C=O) groups excluding carboxylic acids is 2. The first-order valence-electron chi connectivity index (χ1n) is 11.1. The summed E-state index contributed by atoms with van der Waals surface area (Å²) in [6.45, 7) is 6.57. The van der Waals surface area contributed by atoms with Gasteiger partial charge < -0.3 is 5.32 Å². The predicted octanol–water partition coefficient (Wildman–Crippen LogP) is 4.57. The number of nitrogens with one attached hydrogen (secondary N) is 2. The lowest BCUT2D eigenvalue weighted by Gasteiger charge is -2.25. The second-order valence-corrected chi connectivity index (χ2v) is 10.4. The molecule has 3 aromatic rings. The number of nitrogens with zero attached hydrogens (tertiary/aromatic N) is 2. The topological polar surface area (TPSA) is 74.3 Å². The van der Waals surface area contributed by atoms with Crippen LogP contribution < -0.4 is 10.6 Å². The summed E-state index contributed by atoms with van der Waals surface area (Å²) < 4.78 is 0. The van der Waals surface area contributed by atoms with Gasteiger partial charge in [0.15, 0.2) is 5.13 Å². The molecule has 8 heteroatoms. The van der Waals surface area contributed by atoms with Gasteiger partial charge in [0, 0.05) is 41.9 Å². The summed E-state index contributed by atoms with van der Waals surface area (Å²) in [5, 5.41) is 6.48. The Bertz CT molecular complexity index is 1110. The van der Waals surface area contributed by atoms with Gasteiger partial charge in [0.2, 0.25) is 5.91 Å². The number of hydrogen-bond donors (Lipinski definition) is 2. The number of thiazole rings is 1. The summed E-state index contributed by atoms with van der Waals surface area (Å²) in [6, 6.07) is 17.9. The Labute approximate surface area is 202 Å². The average molecular weight is 481 g/mol. The smallest absolute Gasteiger partial charge is 0.258 e. The van der Waals surface area contributed by atoms with Gasteiger partial charge in [-0.05, 0) is 31.5 Å². The molecule has 0 fully saturated rings. The van der Waals surface area contributed by atoms with Gasteiger partial charge in [0.05, 0.1) is 17.0 Å². The lowest BCUT2D eigenvalue weighted by Crippen LogP contribution is -2.31. The van der Waals surface area contributed by atoms with Gasteiger partial charge in [0.1, 0.15) is 0 Å². The number of rotatable bonds is 8. The molecule has 0 saturated heterocycles. The quantitative estimate of drug-likeness (QED) is 0.462. The highest BCUT2D eigenvalue weighted by Gasteiger charge is 2.22. The number of carbonyl (C=O) groups is 2. The zero-order chi connectivity index (χ0) is 23.2. The number of amides is 2. The molecule has 33 heavy (non-hydrogen) atoms. The molecule has 1 aliphatic heterocycles. The van der Waals surface area contributed by atoms with Crippen molar-refractivity contribution in [2.24, 2.45) is 0 Å². The first-order chi connectivity index (χ1) is 16.0. The van der Waals surface area contributed by atoms with Gasteiger partial charge in [-0.1, -0.05) is 42.5 Å². The molecule has 1 aromatic heterocycles. The fraction of sp³-hybridized carbons (Fsp3) is 0.320. The van der Waals surface area contributed by atoms with Gasteiger partial charge in [-0.2, -0.15) is 0 Å². The molecule has 0 aliphatic carbocycles. The van der Waals surface area contributed by atoms with Crippen LogP contribution in [0.15, 0.2) is 59.5 Å². The van der Waals surface area contributed by atoms with Gasteiger partial charge in [-0.25, -0.2) is 4.98 Å². The molecule has 0 spiro atoms. The molecule has 6 nitrogen and oxygen atoms in total. The van der Waals surface area contributed by atoms with Crippen molar-refractivity contribution in [3.05, 3.63) is 76.3 Å². The Morgan fingerprint density at radius 3 is 2.67 bits per heavy atom. The molecule has 172 valence electrons. The van der Waals surface area contributed by atoms with E-state index in [2.05, 4.69) is 44.8 Å². The fourth-order valence-electron chi connectivity index (χ4n) is 3.73. The Morgan fingerprint density at radius 2 is 1.88 bits per heavy atom. The molecule has 4 rings (SSSR count). The van der Waals surface area contributed by atoms with Crippen LogP contribution in [-0.4, -0.2) is 40.0 Å². The maximum Gasteiger partial charge on any atom is 0.258 e. The summed E-state index contributed by atoms with van der Waals surface area (Å²) >= 11 is 2.92. The van der Waals surface area contributed by atoms with E-state index in [0.29, 0.717) is 10.7 Å². The van der Waals surface area contributed by atoms with Crippen LogP contribution in [0.4, 0.5) is 5.13 Å². The molecular weight excluding hydrogens is 452 g/mol. The second kappa shape index (κ2) is 11.0. The van der Waals surface area contributed by atoms with Crippen LogP contribution in [0.1, 0.15) is 40.3 Å². The Balaban J connectivity index is 1.39. The lowest BCUT2D eigenvalue weighted by atomic mass is 10.1. The van der Waals surface area contributed by atoms with E-state index in [1.54, 1.807) is 17.4 Å². The van der Waals surface area contributed by atoms with E-state index in [1.807, 2.05) is 38.1 Å². The Kier molecular flexibility index (Phi) is 7.80. The second-order valence-electron chi connectivity index (χ2n) is 8.30. The van der Waals surface area contributed by atoms with Crippen LogP contribution in [-0.2, 0) is 24.3 Å². The van der Waals surface area contributed by atoms with Crippen molar-refractivity contribution in [1.82, 2.24) is 15.2 Å². The van der Waals surface area contributed by atoms with Crippen LogP contribution in [0.25, 0.3) is 0 Å². The number of thioether (sulfide) groups is 1. The van der Waals surface area contributed by atoms with Crippen LogP contribution in [0.2, 0.25) is 0 Å². The van der Waals surface area contributed by atoms with Crippen LogP contribution in [0.3, 0.4) is 0 Å². The maximum atomic E-state index is 13.0. The average Bonchev–Trinajstić information content (AvgIpc) is 3.19. The van der Waals surface area contributed by atoms with Crippen molar-refractivity contribution in [2.75, 3.05) is 17.6 Å². The molecule has 0 atom stereocenters. The largest absolute Gasteiger partial charge is 0.353 e. The van der Waals surface area contributed by atoms with Gasteiger partial charge in [-0.3, -0.25) is 19.8 Å². The first kappa shape index (κ1) is 23.5. The highest BCUT2D eigenvalue weighted by Crippen LogP contribution is 2.30. The highest BCUT2D eigenvalue weighted by atomic mass is 32.2. The van der Waals surface area contributed by atoms with Gasteiger partial charge >= 0.3 is 0 Å². The molecule has 0 radical (unpaired) electrons. The van der Waals surface area contributed by atoms with Crippen LogP contribution >= 0.6 is 23.1 Å². The minimum atomic E-state index is -0.199. The van der Waals surface area contributed by atoms with Crippen molar-refractivity contribution in [1.29, 1.82) is 0 Å². The van der Waals surface area contributed by atoms with E-state index in [4.69, 9.17) is 0 Å². The van der Waals surface area contributed by atoms with Crippen molar-refractivity contribution in [2.45, 2.75) is 44.3 Å². The van der Waals surface area contributed by atoms with Gasteiger partial charge in [0.25, 0.3) is 5.91 Å². The van der Waals surface area contributed by atoms with Crippen molar-refractivity contribution < 1.29 is 9.59 Å². The molecule has 2 amide bonds. The number of benzene rings is 2. The summed E-state index contributed by atoms with van der Waals surface area (Å²) in [5.74, 6) is 0.0260. The van der Waals surface area contributed by atoms with Crippen LogP contribution in [0.5, 0.6) is 0 Å². The molecule has 2 N–H and O–H groups in total. The SMILES string of the molecule is CC(C)NC(=O)CSc1ccccc1C(=O)Nc1nc2c(s1)CN(Cc1ccccc1)CC2. The third-order valence-corrected chi connectivity index (χ3v) is 7.29. The van der Waals surface area contributed by atoms with E-state index in [1.165, 1.54) is 22.2 Å². The standard InChI is InChI=1S/C25H28N4O2S2/c1-17(2)26-23(30)16-32-21-11-7-6-10-19(21)24(31)28-25-27-20-12-13-29(15-22(20)33-25)14-18-8-4-3-5-9-18/h3-11,17H,12-16H2,1-2H3,(H,26,30)(H,27,28,31). The molecule has 0 saturated carbocycles. The monoisotopic (exact) mass is 480 g/mol. The van der Waals surface area contributed by atoms with Gasteiger partial charge in [-0.15, -0.1) is 23.1 Å². The zero-order valence-corrected chi connectivity index (χ0v) is 20.5. The Morgan fingerprint density at radius 1 is 1.12 bits per heavy atom. The fourth-order valence-corrected chi connectivity index (χ4v) is 5.64. The minimum Gasteiger partial charge on any atom is -0.353 e. The number of aromatic nitrogens is 1. The predicted molar refractivity (Wildman–Crippen MR) is 135 cm³/mol. The number of hydrogen-bond acceptors (Lipinski definition) is 6. The Hall–Kier alpha value is -2.68. The third-order valence-electron chi connectivity index (χ3n) is 5.22. The molecule has 1 aliphatic rings. The van der Waals surface area contributed by atoms with Crippen molar-refractivity contribution >= 4 is 40.0 Å². The molecular formula is C25H28N4O2S2. The van der Waals surface area contributed by atoms with Crippen molar-refractivity contribution in [3.63, 3.8) is 0 Å². The summed E-state index contributed by atoms with van der Waals surface area (Å²) in [7, 11) is 0. The maximum absolute atomic E-state index is 13.0. The van der Waals surface area contributed by atoms with E-state index in [-0.39, 0.29) is 23.6 Å². The highest BCUT2D eigenvalue weighted by molar-refractivity contribution is 8.00. The third kappa shape index (κ3) is 6.43. The first-order valence-corrected chi connectivity index (χ1v) is 12.9. The van der Waals surface area contributed by atoms with E-state index < -0.39 is 0 Å². The summed E-state index contributed by atoms with van der Waals surface area (Å²) in [5.41, 5.74) is 2.93. The molecule has 2 heterocycles. The van der Waals surface area contributed by atoms with Crippen LogP contribution in [0, 0.1) is 0 Å². The van der Waals surface area contributed by atoms with E-state index in [0.717, 1.165) is 36.6 Å². The molecule has 0 bridgehead atoms.